The maximum atomic E-state index is 11.7. The molecule has 0 saturated heterocycles. The van der Waals surface area contributed by atoms with Gasteiger partial charge in [0.05, 0.1) is 12.0 Å². The third kappa shape index (κ3) is 7.28. The van der Waals surface area contributed by atoms with Gasteiger partial charge in [-0.15, -0.1) is 11.8 Å². The molecular formula is C17H15ClN2O4S. The highest BCUT2D eigenvalue weighted by atomic mass is 35.5. The zero-order chi connectivity index (χ0) is 18.1. The topological polar surface area (TPSA) is 88.0 Å². The van der Waals surface area contributed by atoms with Crippen LogP contribution in [-0.2, 0) is 9.59 Å². The number of carboxylic acids is 1. The molecular weight excluding hydrogens is 364 g/mol. The van der Waals surface area contributed by atoms with Crippen LogP contribution in [-0.4, -0.2) is 35.6 Å². The van der Waals surface area contributed by atoms with Gasteiger partial charge >= 0.3 is 5.97 Å². The third-order valence-corrected chi connectivity index (χ3v) is 4.09. The molecule has 0 saturated carbocycles. The van der Waals surface area contributed by atoms with Crippen LogP contribution in [0.15, 0.2) is 58.5 Å². The van der Waals surface area contributed by atoms with Gasteiger partial charge in [0.1, 0.15) is 5.75 Å². The smallest absolute Gasteiger partial charge is 0.341 e. The average molecular weight is 379 g/mol. The fourth-order valence-corrected chi connectivity index (χ4v) is 2.50. The number of carbonyl (C=O) groups excluding carboxylic acids is 1. The number of rotatable bonds is 8. The minimum Gasteiger partial charge on any atom is -0.482 e. The van der Waals surface area contributed by atoms with E-state index < -0.39 is 12.6 Å². The highest BCUT2D eigenvalue weighted by Crippen LogP contribution is 2.19. The van der Waals surface area contributed by atoms with Crippen molar-refractivity contribution >= 4 is 41.5 Å². The number of benzene rings is 2. The van der Waals surface area contributed by atoms with Crippen molar-refractivity contribution in [3.63, 3.8) is 0 Å². The summed E-state index contributed by atoms with van der Waals surface area (Å²) >= 11 is 7.18. The molecule has 0 radical (unpaired) electrons. The molecule has 0 spiro atoms. The number of carbonyl (C=O) groups is 2. The van der Waals surface area contributed by atoms with Crippen molar-refractivity contribution in [2.45, 2.75) is 4.90 Å². The van der Waals surface area contributed by atoms with Gasteiger partial charge in [0.2, 0.25) is 5.91 Å². The monoisotopic (exact) mass is 378 g/mol. The van der Waals surface area contributed by atoms with Gasteiger partial charge in [-0.3, -0.25) is 4.79 Å². The molecule has 8 heteroatoms. The van der Waals surface area contributed by atoms with Crippen molar-refractivity contribution in [2.24, 2.45) is 5.10 Å². The summed E-state index contributed by atoms with van der Waals surface area (Å²) < 4.78 is 5.02. The zero-order valence-corrected chi connectivity index (χ0v) is 14.6. The SMILES string of the molecule is O=C(O)COc1ccc(/C=N/NC(=O)CSc2ccc(Cl)cc2)cc1. The highest BCUT2D eigenvalue weighted by Gasteiger charge is 2.02. The van der Waals surface area contributed by atoms with Gasteiger partial charge in [-0.25, -0.2) is 10.2 Å². The maximum Gasteiger partial charge on any atom is 0.341 e. The lowest BCUT2D eigenvalue weighted by molar-refractivity contribution is -0.139. The van der Waals surface area contributed by atoms with E-state index in [9.17, 15) is 9.59 Å². The molecule has 130 valence electrons. The van der Waals surface area contributed by atoms with Crippen LogP contribution < -0.4 is 10.2 Å². The number of hydrogen-bond acceptors (Lipinski definition) is 5. The molecule has 2 aromatic carbocycles. The second-order valence-corrected chi connectivity index (χ2v) is 6.27. The van der Waals surface area contributed by atoms with Crippen LogP contribution in [0.25, 0.3) is 0 Å². The van der Waals surface area contributed by atoms with E-state index in [4.69, 9.17) is 21.4 Å². The van der Waals surface area contributed by atoms with Gasteiger partial charge in [-0.1, -0.05) is 11.6 Å². The number of ether oxygens (including phenoxy) is 1. The van der Waals surface area contributed by atoms with E-state index in [1.807, 2.05) is 12.1 Å². The number of nitrogens with zero attached hydrogens (tertiary/aromatic N) is 1. The van der Waals surface area contributed by atoms with Crippen LogP contribution in [0.3, 0.4) is 0 Å². The van der Waals surface area contributed by atoms with Crippen LogP contribution in [0.4, 0.5) is 0 Å². The molecule has 0 fully saturated rings. The summed E-state index contributed by atoms with van der Waals surface area (Å²) in [5.74, 6) is -0.577. The Morgan fingerprint density at radius 2 is 1.84 bits per heavy atom. The van der Waals surface area contributed by atoms with E-state index in [0.29, 0.717) is 10.8 Å². The van der Waals surface area contributed by atoms with E-state index in [0.717, 1.165) is 10.5 Å². The third-order valence-electron chi connectivity index (χ3n) is 2.83. The molecule has 2 aromatic rings. The van der Waals surface area contributed by atoms with Crippen LogP contribution in [0.5, 0.6) is 5.75 Å². The Kier molecular flexibility index (Phi) is 7.31. The lowest BCUT2D eigenvalue weighted by Crippen LogP contribution is -2.19. The summed E-state index contributed by atoms with van der Waals surface area (Å²) in [5.41, 5.74) is 3.19. The number of halogens is 1. The minimum absolute atomic E-state index is 0.224. The number of aliphatic carboxylic acids is 1. The zero-order valence-electron chi connectivity index (χ0n) is 13.0. The first kappa shape index (κ1) is 18.8. The Balaban J connectivity index is 1.74. The van der Waals surface area contributed by atoms with E-state index in [-0.39, 0.29) is 11.7 Å². The second kappa shape index (κ2) is 9.71. The molecule has 2 N–H and O–H groups in total. The Hall–Kier alpha value is -2.51. The summed E-state index contributed by atoms with van der Waals surface area (Å²) in [6.07, 6.45) is 1.49. The summed E-state index contributed by atoms with van der Waals surface area (Å²) in [5, 5.41) is 13.1. The van der Waals surface area contributed by atoms with Crippen molar-refractivity contribution in [1.82, 2.24) is 5.43 Å². The fraction of sp³-hybridized carbons (Fsp3) is 0.118. The fourth-order valence-electron chi connectivity index (χ4n) is 1.69. The molecule has 0 atom stereocenters. The first-order valence-corrected chi connectivity index (χ1v) is 8.54. The number of hydrazone groups is 1. The Morgan fingerprint density at radius 3 is 2.48 bits per heavy atom. The van der Waals surface area contributed by atoms with E-state index in [1.54, 1.807) is 36.4 Å². The van der Waals surface area contributed by atoms with Crippen molar-refractivity contribution in [2.75, 3.05) is 12.4 Å². The number of hydrogen-bond donors (Lipinski definition) is 2. The normalized spacial score (nSPS) is 10.6. The van der Waals surface area contributed by atoms with Gasteiger partial charge in [0.25, 0.3) is 0 Å². The van der Waals surface area contributed by atoms with Crippen LogP contribution in [0, 0.1) is 0 Å². The standard InChI is InChI=1S/C17H15ClN2O4S/c18-13-3-7-15(8-4-13)25-11-16(21)20-19-9-12-1-5-14(6-2-12)24-10-17(22)23/h1-9H,10-11H2,(H,20,21)(H,22,23)/b19-9+. The van der Waals surface area contributed by atoms with Gasteiger partial charge < -0.3 is 9.84 Å². The first-order valence-electron chi connectivity index (χ1n) is 7.18. The summed E-state index contributed by atoms with van der Waals surface area (Å²) in [6.45, 7) is -0.394. The quantitative estimate of drug-likeness (QED) is 0.418. The van der Waals surface area contributed by atoms with Gasteiger partial charge in [0.15, 0.2) is 6.61 Å². The average Bonchev–Trinajstić information content (AvgIpc) is 2.60. The molecule has 1 amide bonds. The van der Waals surface area contributed by atoms with Crippen molar-refractivity contribution < 1.29 is 19.4 Å². The van der Waals surface area contributed by atoms with Crippen LogP contribution >= 0.6 is 23.4 Å². The molecule has 0 aliphatic carbocycles. The van der Waals surface area contributed by atoms with E-state index >= 15 is 0 Å². The van der Waals surface area contributed by atoms with Crippen molar-refractivity contribution in [3.05, 3.63) is 59.1 Å². The Bertz CT molecular complexity index is 748. The number of thioether (sulfide) groups is 1. The number of carboxylic acid groups (broad SMARTS) is 1. The molecule has 0 unspecified atom stereocenters. The summed E-state index contributed by atoms with van der Waals surface area (Å²) in [7, 11) is 0. The molecule has 0 aliphatic heterocycles. The van der Waals surface area contributed by atoms with E-state index in [1.165, 1.54) is 18.0 Å². The first-order chi connectivity index (χ1) is 12.0. The molecule has 0 heterocycles. The van der Waals surface area contributed by atoms with Crippen molar-refractivity contribution in [3.8, 4) is 5.75 Å². The highest BCUT2D eigenvalue weighted by molar-refractivity contribution is 8.00. The molecule has 0 bridgehead atoms. The largest absolute Gasteiger partial charge is 0.482 e. The van der Waals surface area contributed by atoms with Crippen molar-refractivity contribution in [1.29, 1.82) is 0 Å². The second-order valence-electron chi connectivity index (χ2n) is 4.79. The van der Waals surface area contributed by atoms with Gasteiger partial charge in [0, 0.05) is 9.92 Å². The molecule has 25 heavy (non-hydrogen) atoms. The molecule has 2 rings (SSSR count). The lowest BCUT2D eigenvalue weighted by atomic mass is 10.2. The number of amides is 1. The predicted molar refractivity (Wildman–Crippen MR) is 97.5 cm³/mol. The summed E-state index contributed by atoms with van der Waals surface area (Å²) in [4.78, 5) is 23.1. The maximum absolute atomic E-state index is 11.7. The predicted octanol–water partition coefficient (Wildman–Crippen LogP) is 3.05. The summed E-state index contributed by atoms with van der Waals surface area (Å²) in [6, 6.07) is 13.9. The Labute approximate surface area is 153 Å². The lowest BCUT2D eigenvalue weighted by Gasteiger charge is -2.03. The number of nitrogens with one attached hydrogen (secondary N) is 1. The Morgan fingerprint density at radius 1 is 1.16 bits per heavy atom. The molecule has 6 nitrogen and oxygen atoms in total. The minimum atomic E-state index is -1.04. The van der Waals surface area contributed by atoms with Gasteiger partial charge in [-0.2, -0.15) is 5.10 Å². The molecule has 0 aromatic heterocycles. The van der Waals surface area contributed by atoms with Crippen LogP contribution in [0.1, 0.15) is 5.56 Å². The van der Waals surface area contributed by atoms with Crippen LogP contribution in [0.2, 0.25) is 5.02 Å². The molecule has 0 aliphatic rings. The van der Waals surface area contributed by atoms with E-state index in [2.05, 4.69) is 10.5 Å². The van der Waals surface area contributed by atoms with Gasteiger partial charge in [-0.05, 0) is 54.1 Å².